The van der Waals surface area contributed by atoms with Gasteiger partial charge < -0.3 is 5.32 Å². The first-order valence-electron chi connectivity index (χ1n) is 6.18. The summed E-state index contributed by atoms with van der Waals surface area (Å²) in [5.41, 5.74) is 0.544. The average Bonchev–Trinajstić information content (AvgIpc) is 2.84. The summed E-state index contributed by atoms with van der Waals surface area (Å²) in [7, 11) is 0. The van der Waals surface area contributed by atoms with Crippen LogP contribution >= 0.6 is 0 Å². The van der Waals surface area contributed by atoms with E-state index in [4.69, 9.17) is 0 Å². The maximum Gasteiger partial charge on any atom is 0.416 e. The number of aromatic nitrogens is 3. The van der Waals surface area contributed by atoms with Crippen LogP contribution in [0.5, 0.6) is 0 Å². The van der Waals surface area contributed by atoms with Crippen molar-refractivity contribution in [2.24, 2.45) is 0 Å². The first-order valence-corrected chi connectivity index (χ1v) is 6.18. The Kier molecular flexibility index (Phi) is 4.08. The van der Waals surface area contributed by atoms with E-state index < -0.39 is 11.7 Å². The maximum absolute atomic E-state index is 12.5. The van der Waals surface area contributed by atoms with Crippen molar-refractivity contribution in [3.05, 3.63) is 41.7 Å². The molecule has 0 aliphatic heterocycles. The highest BCUT2D eigenvalue weighted by Crippen LogP contribution is 2.29. The van der Waals surface area contributed by atoms with E-state index in [0.29, 0.717) is 18.3 Å². The van der Waals surface area contributed by atoms with Crippen LogP contribution in [0.2, 0.25) is 0 Å². The molecule has 108 valence electrons. The van der Waals surface area contributed by atoms with Crippen molar-refractivity contribution in [2.75, 3.05) is 0 Å². The number of hydrogen-bond donors (Lipinski definition) is 1. The van der Waals surface area contributed by atoms with Crippen molar-refractivity contribution < 1.29 is 13.2 Å². The van der Waals surface area contributed by atoms with Crippen LogP contribution in [0.25, 0.3) is 5.69 Å². The first-order chi connectivity index (χ1) is 9.36. The summed E-state index contributed by atoms with van der Waals surface area (Å²) < 4.78 is 37.4. The molecule has 0 saturated carbocycles. The molecule has 1 aromatic heterocycles. The van der Waals surface area contributed by atoms with Crippen molar-refractivity contribution >= 4 is 0 Å². The van der Waals surface area contributed by atoms with Gasteiger partial charge in [0.1, 0.15) is 0 Å². The maximum atomic E-state index is 12.5. The number of alkyl halides is 3. The lowest BCUT2D eigenvalue weighted by atomic mass is 10.2. The van der Waals surface area contributed by atoms with Crippen LogP contribution in [0.4, 0.5) is 13.2 Å². The van der Waals surface area contributed by atoms with E-state index >= 15 is 0 Å². The summed E-state index contributed by atoms with van der Waals surface area (Å²) in [6.07, 6.45) is -2.74. The van der Waals surface area contributed by atoms with Crippen molar-refractivity contribution in [2.45, 2.75) is 32.6 Å². The molecule has 1 N–H and O–H groups in total. The first kappa shape index (κ1) is 14.5. The van der Waals surface area contributed by atoms with E-state index in [0.717, 1.165) is 17.8 Å². The Balaban J connectivity index is 2.12. The fraction of sp³-hybridized carbons (Fsp3) is 0.385. The molecule has 2 rings (SSSR count). The van der Waals surface area contributed by atoms with Crippen LogP contribution in [0.3, 0.4) is 0 Å². The van der Waals surface area contributed by atoms with E-state index in [2.05, 4.69) is 15.5 Å². The summed E-state index contributed by atoms with van der Waals surface area (Å²) in [5, 5.41) is 11.4. The third kappa shape index (κ3) is 3.57. The standard InChI is InChI=1S/C13H15F3N4/c1-9(2)17-7-11-8-18-20(19-11)12-5-3-10(4-6-12)13(14,15)16/h3-6,8-9,17H,7H2,1-2H3. The summed E-state index contributed by atoms with van der Waals surface area (Å²) >= 11 is 0. The van der Waals surface area contributed by atoms with Gasteiger partial charge in [-0.3, -0.25) is 0 Å². The second kappa shape index (κ2) is 5.62. The Morgan fingerprint density at radius 1 is 1.20 bits per heavy atom. The highest BCUT2D eigenvalue weighted by Gasteiger charge is 2.30. The summed E-state index contributed by atoms with van der Waals surface area (Å²) in [6.45, 7) is 4.60. The van der Waals surface area contributed by atoms with Gasteiger partial charge in [0.25, 0.3) is 0 Å². The van der Waals surface area contributed by atoms with Crippen LogP contribution in [0.15, 0.2) is 30.5 Å². The van der Waals surface area contributed by atoms with Crippen LogP contribution in [0.1, 0.15) is 25.1 Å². The van der Waals surface area contributed by atoms with E-state index in [-0.39, 0.29) is 0 Å². The normalized spacial score (nSPS) is 12.1. The van der Waals surface area contributed by atoms with Crippen molar-refractivity contribution in [1.82, 2.24) is 20.3 Å². The molecule has 0 atom stereocenters. The Bertz CT molecular complexity index is 558. The summed E-state index contributed by atoms with van der Waals surface area (Å²) in [6, 6.07) is 5.06. The Labute approximate surface area is 114 Å². The minimum absolute atomic E-state index is 0.325. The van der Waals surface area contributed by atoms with Gasteiger partial charge >= 0.3 is 6.18 Å². The number of nitrogens with one attached hydrogen (secondary N) is 1. The molecule has 4 nitrogen and oxygen atoms in total. The SMILES string of the molecule is CC(C)NCc1cnn(-c2ccc(C(F)(F)F)cc2)n1. The third-order valence-corrected chi connectivity index (χ3v) is 2.66. The van der Waals surface area contributed by atoms with Crippen molar-refractivity contribution in [1.29, 1.82) is 0 Å². The van der Waals surface area contributed by atoms with Gasteiger partial charge in [0.05, 0.1) is 23.1 Å². The van der Waals surface area contributed by atoms with Gasteiger partial charge in [0, 0.05) is 12.6 Å². The molecule has 0 fully saturated rings. The molecule has 0 unspecified atom stereocenters. The van der Waals surface area contributed by atoms with Crippen molar-refractivity contribution in [3.63, 3.8) is 0 Å². The largest absolute Gasteiger partial charge is 0.416 e. The molecular formula is C13H15F3N4. The zero-order valence-corrected chi connectivity index (χ0v) is 11.1. The van der Waals surface area contributed by atoms with Crippen molar-refractivity contribution in [3.8, 4) is 5.69 Å². The number of halogens is 3. The number of nitrogens with zero attached hydrogens (tertiary/aromatic N) is 3. The average molecular weight is 284 g/mol. The lowest BCUT2D eigenvalue weighted by Gasteiger charge is -2.07. The van der Waals surface area contributed by atoms with E-state index in [9.17, 15) is 13.2 Å². The molecule has 0 aliphatic carbocycles. The Hall–Kier alpha value is -1.89. The second-order valence-electron chi connectivity index (χ2n) is 4.71. The van der Waals surface area contributed by atoms with Crippen LogP contribution < -0.4 is 5.32 Å². The molecule has 0 amide bonds. The Morgan fingerprint density at radius 3 is 2.40 bits per heavy atom. The third-order valence-electron chi connectivity index (χ3n) is 2.66. The van der Waals surface area contributed by atoms with Gasteiger partial charge in [0.15, 0.2) is 0 Å². The highest BCUT2D eigenvalue weighted by atomic mass is 19.4. The molecule has 0 aliphatic rings. The van der Waals surface area contributed by atoms with Crippen LogP contribution in [0, 0.1) is 0 Å². The van der Waals surface area contributed by atoms with Gasteiger partial charge in [0.2, 0.25) is 0 Å². The lowest BCUT2D eigenvalue weighted by molar-refractivity contribution is -0.137. The van der Waals surface area contributed by atoms with Gasteiger partial charge in [-0.25, -0.2) is 0 Å². The quantitative estimate of drug-likeness (QED) is 0.938. The zero-order valence-electron chi connectivity index (χ0n) is 11.1. The summed E-state index contributed by atoms with van der Waals surface area (Å²) in [5.74, 6) is 0. The zero-order chi connectivity index (χ0) is 14.8. The molecular weight excluding hydrogens is 269 g/mol. The van der Waals surface area contributed by atoms with Gasteiger partial charge in [-0.1, -0.05) is 13.8 Å². The minimum Gasteiger partial charge on any atom is -0.309 e. The number of hydrogen-bond acceptors (Lipinski definition) is 3. The fourth-order valence-electron chi connectivity index (χ4n) is 1.59. The molecule has 1 heterocycles. The number of benzene rings is 1. The molecule has 2 aromatic rings. The number of rotatable bonds is 4. The predicted octanol–water partition coefficient (Wildman–Crippen LogP) is 2.78. The van der Waals surface area contributed by atoms with Crippen LogP contribution in [-0.4, -0.2) is 21.0 Å². The molecule has 20 heavy (non-hydrogen) atoms. The highest BCUT2D eigenvalue weighted by molar-refractivity contribution is 5.33. The molecule has 0 spiro atoms. The molecule has 1 aromatic carbocycles. The predicted molar refractivity (Wildman–Crippen MR) is 68.3 cm³/mol. The van der Waals surface area contributed by atoms with Gasteiger partial charge in [-0.2, -0.15) is 28.2 Å². The lowest BCUT2D eigenvalue weighted by Crippen LogP contribution is -2.22. The Morgan fingerprint density at radius 2 is 1.85 bits per heavy atom. The molecule has 7 heteroatoms. The minimum atomic E-state index is -4.33. The molecule has 0 saturated heterocycles. The van der Waals surface area contributed by atoms with E-state index in [1.54, 1.807) is 6.20 Å². The summed E-state index contributed by atoms with van der Waals surface area (Å²) in [4.78, 5) is 1.32. The molecule has 0 radical (unpaired) electrons. The fourth-order valence-corrected chi connectivity index (χ4v) is 1.59. The monoisotopic (exact) mass is 284 g/mol. The topological polar surface area (TPSA) is 42.7 Å². The molecule has 0 bridgehead atoms. The second-order valence-corrected chi connectivity index (χ2v) is 4.71. The van der Waals surface area contributed by atoms with E-state index in [1.807, 2.05) is 13.8 Å². The van der Waals surface area contributed by atoms with E-state index in [1.165, 1.54) is 16.9 Å². The smallest absolute Gasteiger partial charge is 0.309 e. The van der Waals surface area contributed by atoms with Gasteiger partial charge in [-0.05, 0) is 24.3 Å². The van der Waals surface area contributed by atoms with Crippen LogP contribution in [-0.2, 0) is 12.7 Å². The van der Waals surface area contributed by atoms with Gasteiger partial charge in [-0.15, -0.1) is 0 Å².